The standard InChI is InChI=1S/C28H36ClN7O4/c1-8-25(37)33-19-10-9-18(11-12-35(3)4)13-20(19)32-23-15-24(31-16-30-23)36(5)28(38)34-27-17(2)21(39-6)14-22(40-7)26(27)29/h8,13-16H,1,9-12H2,2-7H3,(H,33,37)(H,34,38)(H,30,31,32). The van der Waals surface area contributed by atoms with Crippen LogP contribution < -0.4 is 30.3 Å². The van der Waals surface area contributed by atoms with Gasteiger partial charge in [0.25, 0.3) is 0 Å². The van der Waals surface area contributed by atoms with Crippen molar-refractivity contribution in [2.75, 3.05) is 57.4 Å². The van der Waals surface area contributed by atoms with Crippen molar-refractivity contribution in [1.82, 2.24) is 20.2 Å². The molecule has 1 aromatic carbocycles. The number of halogens is 1. The van der Waals surface area contributed by atoms with Gasteiger partial charge in [0.2, 0.25) is 5.91 Å². The van der Waals surface area contributed by atoms with Gasteiger partial charge in [-0.1, -0.05) is 23.8 Å². The van der Waals surface area contributed by atoms with E-state index in [1.807, 2.05) is 20.2 Å². The summed E-state index contributed by atoms with van der Waals surface area (Å²) in [5.41, 5.74) is 3.72. The topological polar surface area (TPSA) is 121 Å². The summed E-state index contributed by atoms with van der Waals surface area (Å²) in [6.07, 6.45) is 7.02. The molecule has 1 aromatic heterocycles. The maximum Gasteiger partial charge on any atom is 0.327 e. The van der Waals surface area contributed by atoms with E-state index in [0.717, 1.165) is 30.8 Å². The Morgan fingerprint density at radius 3 is 2.48 bits per heavy atom. The highest BCUT2D eigenvalue weighted by Gasteiger charge is 2.21. The van der Waals surface area contributed by atoms with Gasteiger partial charge < -0.3 is 30.3 Å². The number of allylic oxidation sites excluding steroid dienone is 2. The van der Waals surface area contributed by atoms with E-state index in [1.54, 1.807) is 26.1 Å². The minimum absolute atomic E-state index is 0.253. The maximum atomic E-state index is 13.2. The zero-order chi connectivity index (χ0) is 29.4. The van der Waals surface area contributed by atoms with Crippen molar-refractivity contribution in [3.63, 3.8) is 0 Å². The second-order valence-electron chi connectivity index (χ2n) is 9.41. The normalized spacial score (nSPS) is 12.9. The third-order valence-corrected chi connectivity index (χ3v) is 6.76. The summed E-state index contributed by atoms with van der Waals surface area (Å²) in [6, 6.07) is 2.82. The number of carbonyl (C=O) groups is 2. The number of aromatic nitrogens is 2. The highest BCUT2D eigenvalue weighted by atomic mass is 35.5. The van der Waals surface area contributed by atoms with Crippen molar-refractivity contribution >= 4 is 40.9 Å². The monoisotopic (exact) mass is 569 g/mol. The summed E-state index contributed by atoms with van der Waals surface area (Å²) in [6.45, 7) is 6.24. The Balaban J connectivity index is 1.85. The number of rotatable bonds is 11. The summed E-state index contributed by atoms with van der Waals surface area (Å²) < 4.78 is 10.7. The van der Waals surface area contributed by atoms with Crippen LogP contribution in [0.25, 0.3) is 0 Å². The third-order valence-electron chi connectivity index (χ3n) is 6.39. The van der Waals surface area contributed by atoms with Gasteiger partial charge in [-0.25, -0.2) is 14.8 Å². The van der Waals surface area contributed by atoms with E-state index in [0.29, 0.717) is 40.8 Å². The molecule has 3 amide bonds. The minimum atomic E-state index is -0.480. The molecule has 12 heteroatoms. The molecule has 2 aromatic rings. The van der Waals surface area contributed by atoms with Crippen LogP contribution >= 0.6 is 11.6 Å². The number of amides is 3. The number of hydrogen-bond donors (Lipinski definition) is 3. The van der Waals surface area contributed by atoms with Gasteiger partial charge in [0, 0.05) is 37.0 Å². The molecule has 1 aliphatic rings. The lowest BCUT2D eigenvalue weighted by Crippen LogP contribution is -2.32. The van der Waals surface area contributed by atoms with E-state index >= 15 is 0 Å². The van der Waals surface area contributed by atoms with Crippen LogP contribution in [0.4, 0.5) is 22.1 Å². The lowest BCUT2D eigenvalue weighted by atomic mass is 9.97. The van der Waals surface area contributed by atoms with Crippen molar-refractivity contribution in [3.05, 3.63) is 64.7 Å². The molecule has 0 spiro atoms. The molecule has 1 heterocycles. The number of nitrogens with one attached hydrogen (secondary N) is 3. The molecule has 40 heavy (non-hydrogen) atoms. The lowest BCUT2D eigenvalue weighted by Gasteiger charge is -2.23. The number of ether oxygens (including phenoxy) is 2. The van der Waals surface area contributed by atoms with Crippen LogP contribution in [0.5, 0.6) is 11.5 Å². The number of carbonyl (C=O) groups excluding carboxylic acids is 2. The fourth-order valence-corrected chi connectivity index (χ4v) is 4.35. The number of nitrogens with zero attached hydrogens (tertiary/aromatic N) is 4. The lowest BCUT2D eigenvalue weighted by molar-refractivity contribution is -0.115. The van der Waals surface area contributed by atoms with Crippen molar-refractivity contribution in [2.45, 2.75) is 26.2 Å². The molecule has 0 fully saturated rings. The van der Waals surface area contributed by atoms with Crippen molar-refractivity contribution in [3.8, 4) is 11.5 Å². The molecule has 0 atom stereocenters. The second-order valence-corrected chi connectivity index (χ2v) is 9.79. The number of methoxy groups -OCH3 is 2. The first kappa shape index (κ1) is 30.5. The molecule has 0 saturated heterocycles. The fraction of sp³-hybridized carbons (Fsp3) is 0.357. The summed E-state index contributed by atoms with van der Waals surface area (Å²) >= 11 is 6.48. The van der Waals surface area contributed by atoms with Crippen LogP contribution in [-0.4, -0.2) is 68.7 Å². The van der Waals surface area contributed by atoms with Gasteiger partial charge in [-0.2, -0.15) is 0 Å². The van der Waals surface area contributed by atoms with Crippen LogP contribution in [0.15, 0.2) is 54.2 Å². The van der Waals surface area contributed by atoms with E-state index in [2.05, 4.69) is 37.4 Å². The van der Waals surface area contributed by atoms with Gasteiger partial charge in [0.05, 0.1) is 25.6 Å². The summed E-state index contributed by atoms with van der Waals surface area (Å²) in [7, 11) is 8.65. The highest BCUT2D eigenvalue weighted by molar-refractivity contribution is 6.35. The zero-order valence-electron chi connectivity index (χ0n) is 23.7. The van der Waals surface area contributed by atoms with Gasteiger partial charge in [-0.05, 0) is 52.4 Å². The Labute approximate surface area is 239 Å². The van der Waals surface area contributed by atoms with Crippen LogP contribution in [0.1, 0.15) is 24.8 Å². The largest absolute Gasteiger partial charge is 0.496 e. The predicted octanol–water partition coefficient (Wildman–Crippen LogP) is 4.72. The van der Waals surface area contributed by atoms with E-state index in [9.17, 15) is 9.59 Å². The fourth-order valence-electron chi connectivity index (χ4n) is 4.03. The van der Waals surface area contributed by atoms with Gasteiger partial charge >= 0.3 is 6.03 Å². The molecule has 3 N–H and O–H groups in total. The number of anilines is 3. The first-order valence-corrected chi connectivity index (χ1v) is 13.0. The zero-order valence-corrected chi connectivity index (χ0v) is 24.5. The number of hydrogen-bond acceptors (Lipinski definition) is 8. The van der Waals surface area contributed by atoms with Gasteiger partial charge in [-0.15, -0.1) is 0 Å². The van der Waals surface area contributed by atoms with Crippen LogP contribution in [0.3, 0.4) is 0 Å². The Morgan fingerprint density at radius 2 is 1.82 bits per heavy atom. The second kappa shape index (κ2) is 13.8. The minimum Gasteiger partial charge on any atom is -0.496 e. The molecule has 3 rings (SSSR count). The molecule has 0 unspecified atom stereocenters. The van der Waals surface area contributed by atoms with Crippen molar-refractivity contribution in [1.29, 1.82) is 0 Å². The smallest absolute Gasteiger partial charge is 0.327 e. The SMILES string of the molecule is C=CC(=O)NC1=C(Nc2cc(N(C)C(=O)Nc3c(C)c(OC)cc(OC)c3Cl)ncn2)C=C(CCN(C)C)CC1. The first-order chi connectivity index (χ1) is 19.1. The maximum absolute atomic E-state index is 13.2. The van der Waals surface area contributed by atoms with E-state index in [1.165, 1.54) is 37.1 Å². The first-order valence-electron chi connectivity index (χ1n) is 12.6. The summed E-state index contributed by atoms with van der Waals surface area (Å²) in [5, 5.41) is 9.26. The molecular weight excluding hydrogens is 534 g/mol. The van der Waals surface area contributed by atoms with Crippen LogP contribution in [0, 0.1) is 6.92 Å². The Kier molecular flexibility index (Phi) is 10.5. The summed E-state index contributed by atoms with van der Waals surface area (Å²) in [5.74, 6) is 1.39. The average Bonchev–Trinajstić information content (AvgIpc) is 2.95. The molecule has 214 valence electrons. The molecule has 0 bridgehead atoms. The Hall–Kier alpha value is -4.09. The molecule has 0 aliphatic heterocycles. The van der Waals surface area contributed by atoms with Crippen LogP contribution in [0.2, 0.25) is 5.02 Å². The number of benzene rings is 1. The number of urea groups is 1. The van der Waals surface area contributed by atoms with Crippen LogP contribution in [-0.2, 0) is 4.79 Å². The predicted molar refractivity (Wildman–Crippen MR) is 158 cm³/mol. The van der Waals surface area contributed by atoms with E-state index in [-0.39, 0.29) is 10.9 Å². The summed E-state index contributed by atoms with van der Waals surface area (Å²) in [4.78, 5) is 37.3. The highest BCUT2D eigenvalue weighted by Crippen LogP contribution is 2.40. The van der Waals surface area contributed by atoms with E-state index in [4.69, 9.17) is 21.1 Å². The van der Waals surface area contributed by atoms with E-state index < -0.39 is 6.03 Å². The van der Waals surface area contributed by atoms with Gasteiger partial charge in [0.15, 0.2) is 0 Å². The average molecular weight is 570 g/mol. The van der Waals surface area contributed by atoms with Crippen molar-refractivity contribution in [2.24, 2.45) is 0 Å². The molecular formula is C28H36ClN7O4. The molecule has 1 aliphatic carbocycles. The molecule has 0 saturated carbocycles. The quantitative estimate of drug-likeness (QED) is 0.332. The Morgan fingerprint density at radius 1 is 1.10 bits per heavy atom. The van der Waals surface area contributed by atoms with Gasteiger partial charge in [0.1, 0.15) is 34.5 Å². The van der Waals surface area contributed by atoms with Gasteiger partial charge in [-0.3, -0.25) is 9.69 Å². The molecule has 0 radical (unpaired) electrons. The third kappa shape index (κ3) is 7.51. The molecule has 11 nitrogen and oxygen atoms in total. The van der Waals surface area contributed by atoms with Crippen molar-refractivity contribution < 1.29 is 19.1 Å². The Bertz CT molecular complexity index is 1310.